The van der Waals surface area contributed by atoms with E-state index in [0.29, 0.717) is 51.0 Å². The first-order chi connectivity index (χ1) is 19.0. The molecule has 3 aromatic rings. The summed E-state index contributed by atoms with van der Waals surface area (Å²) in [5.74, 6) is -4.64. The summed E-state index contributed by atoms with van der Waals surface area (Å²) in [5.41, 5.74) is -0.0385. The number of ether oxygens (including phenoxy) is 2. The summed E-state index contributed by atoms with van der Waals surface area (Å²) >= 11 is 0. The van der Waals surface area contributed by atoms with Crippen LogP contribution in [-0.2, 0) is 9.53 Å². The number of carbonyl (C=O) groups excluding carboxylic acids is 2. The molecule has 1 amide bonds. The van der Waals surface area contributed by atoms with Crippen molar-refractivity contribution in [2.75, 3.05) is 19.8 Å². The average molecular weight is 536 g/mol. The third-order valence-corrected chi connectivity index (χ3v) is 7.98. The van der Waals surface area contributed by atoms with Gasteiger partial charge in [0.1, 0.15) is 0 Å². The van der Waals surface area contributed by atoms with Gasteiger partial charge in [0.05, 0.1) is 24.2 Å². The molecule has 8 nitrogen and oxygen atoms in total. The maximum Gasteiger partial charge on any atom is 0.314 e. The van der Waals surface area contributed by atoms with E-state index in [4.69, 9.17) is 9.47 Å². The molecular formula is C29H27F2N3O5. The number of benzene rings is 2. The number of carbonyl (C=O) groups is 2. The molecule has 0 spiro atoms. The van der Waals surface area contributed by atoms with Gasteiger partial charge in [0.2, 0.25) is 11.2 Å². The molecule has 3 aliphatic heterocycles. The third kappa shape index (κ3) is 4.42. The van der Waals surface area contributed by atoms with Crippen molar-refractivity contribution >= 4 is 11.9 Å². The molecule has 0 radical (unpaired) electrons. The standard InChI is InChI=1S/C29H27F2N3O5/c30-20-9-4-8-19(24(20)31)23(17-6-2-1-3-7-17)25-21-10-5-13-33(21)28(36)26-27(22(35)16-32-34(25)26)39-29(37)18-11-14-38-15-12-18/h1-4,6-9,16,18,21,23,25H,5,10-15H2/t21-,23?,25-/m1/s1. The van der Waals surface area contributed by atoms with Crippen LogP contribution in [0.15, 0.2) is 59.5 Å². The lowest BCUT2D eigenvalue weighted by Gasteiger charge is -2.42. The van der Waals surface area contributed by atoms with Crippen molar-refractivity contribution in [1.82, 2.24) is 14.7 Å². The molecule has 3 atom stereocenters. The number of hydrogen-bond donors (Lipinski definition) is 0. The molecule has 2 fully saturated rings. The van der Waals surface area contributed by atoms with Gasteiger partial charge >= 0.3 is 5.97 Å². The Morgan fingerprint density at radius 1 is 1.03 bits per heavy atom. The van der Waals surface area contributed by atoms with Crippen LogP contribution in [0.4, 0.5) is 8.78 Å². The molecule has 202 valence electrons. The normalized spacial score (nSPS) is 21.8. The van der Waals surface area contributed by atoms with Gasteiger partial charge in [-0.3, -0.25) is 14.4 Å². The fourth-order valence-corrected chi connectivity index (χ4v) is 6.13. The van der Waals surface area contributed by atoms with Crippen molar-refractivity contribution in [3.63, 3.8) is 0 Å². The number of halogens is 2. The van der Waals surface area contributed by atoms with Gasteiger partial charge in [-0.05, 0) is 37.3 Å². The highest BCUT2D eigenvalue weighted by molar-refractivity contribution is 5.97. The van der Waals surface area contributed by atoms with Crippen LogP contribution in [0.5, 0.6) is 5.75 Å². The average Bonchev–Trinajstić information content (AvgIpc) is 3.45. The summed E-state index contributed by atoms with van der Waals surface area (Å²) in [7, 11) is 0. The van der Waals surface area contributed by atoms with Crippen LogP contribution >= 0.6 is 0 Å². The van der Waals surface area contributed by atoms with Gasteiger partial charge in [0, 0.05) is 31.2 Å². The Kier molecular flexibility index (Phi) is 6.72. The van der Waals surface area contributed by atoms with Crippen molar-refractivity contribution in [1.29, 1.82) is 0 Å². The molecule has 1 aromatic heterocycles. The van der Waals surface area contributed by atoms with Gasteiger partial charge in [0.25, 0.3) is 5.91 Å². The SMILES string of the molecule is O=C(Oc1c2n(ncc1=O)[C@@H](C(c1ccccc1)c1cccc(F)c1F)[C@H]1CCCN1C2=O)C1CCOCC1. The minimum absolute atomic E-state index is 0.111. The summed E-state index contributed by atoms with van der Waals surface area (Å²) in [5, 5.41) is 4.34. The van der Waals surface area contributed by atoms with Gasteiger partial charge in [-0.25, -0.2) is 13.5 Å². The summed E-state index contributed by atoms with van der Waals surface area (Å²) in [6.07, 6.45) is 3.22. The summed E-state index contributed by atoms with van der Waals surface area (Å²) in [6, 6.07) is 12.0. The largest absolute Gasteiger partial charge is 0.419 e. The minimum Gasteiger partial charge on any atom is -0.419 e. The van der Waals surface area contributed by atoms with Crippen LogP contribution in [0.25, 0.3) is 0 Å². The number of esters is 1. The highest BCUT2D eigenvalue weighted by Crippen LogP contribution is 2.46. The van der Waals surface area contributed by atoms with E-state index in [2.05, 4.69) is 5.10 Å². The zero-order valence-corrected chi connectivity index (χ0v) is 21.1. The fourth-order valence-electron chi connectivity index (χ4n) is 6.13. The van der Waals surface area contributed by atoms with E-state index in [1.54, 1.807) is 17.0 Å². The number of rotatable bonds is 5. The van der Waals surface area contributed by atoms with Crippen molar-refractivity contribution in [3.05, 3.63) is 93.4 Å². The first-order valence-corrected chi connectivity index (χ1v) is 13.2. The van der Waals surface area contributed by atoms with Gasteiger partial charge in [-0.15, -0.1) is 0 Å². The predicted octanol–water partition coefficient (Wildman–Crippen LogP) is 3.84. The Morgan fingerprint density at radius 2 is 1.79 bits per heavy atom. The maximum atomic E-state index is 15.4. The monoisotopic (exact) mass is 535 g/mol. The van der Waals surface area contributed by atoms with Crippen LogP contribution in [0.1, 0.15) is 59.3 Å². The fraction of sp³-hybridized carbons (Fsp3) is 0.379. The van der Waals surface area contributed by atoms with Crippen LogP contribution in [0.3, 0.4) is 0 Å². The second-order valence-corrected chi connectivity index (χ2v) is 10.2. The molecule has 2 aromatic carbocycles. The molecule has 0 bridgehead atoms. The quantitative estimate of drug-likeness (QED) is 0.461. The van der Waals surface area contributed by atoms with Crippen LogP contribution < -0.4 is 10.2 Å². The molecule has 4 heterocycles. The van der Waals surface area contributed by atoms with Gasteiger partial charge in [-0.1, -0.05) is 42.5 Å². The van der Waals surface area contributed by atoms with E-state index in [9.17, 15) is 18.8 Å². The van der Waals surface area contributed by atoms with Crippen molar-refractivity contribution in [3.8, 4) is 5.75 Å². The molecular weight excluding hydrogens is 508 g/mol. The van der Waals surface area contributed by atoms with Gasteiger partial charge < -0.3 is 14.4 Å². The zero-order chi connectivity index (χ0) is 27.1. The van der Waals surface area contributed by atoms with Crippen LogP contribution in [-0.4, -0.2) is 52.4 Å². The van der Waals surface area contributed by atoms with Crippen LogP contribution in [0.2, 0.25) is 0 Å². The number of aromatic nitrogens is 2. The van der Waals surface area contributed by atoms with Gasteiger partial charge in [0.15, 0.2) is 17.3 Å². The molecule has 3 aliphatic rings. The molecule has 39 heavy (non-hydrogen) atoms. The Morgan fingerprint density at radius 3 is 2.56 bits per heavy atom. The van der Waals surface area contributed by atoms with Crippen LogP contribution in [0, 0.1) is 17.6 Å². The Hall–Kier alpha value is -3.92. The van der Waals surface area contributed by atoms with E-state index in [1.165, 1.54) is 16.8 Å². The van der Waals surface area contributed by atoms with E-state index >= 15 is 4.39 Å². The second kappa shape index (κ2) is 10.3. The molecule has 10 heteroatoms. The predicted molar refractivity (Wildman–Crippen MR) is 135 cm³/mol. The Bertz CT molecular complexity index is 1470. The Labute approximate surface area is 223 Å². The number of nitrogens with zero attached hydrogens (tertiary/aromatic N) is 3. The smallest absolute Gasteiger partial charge is 0.314 e. The lowest BCUT2D eigenvalue weighted by molar-refractivity contribution is -0.142. The molecule has 6 rings (SSSR count). The first-order valence-electron chi connectivity index (χ1n) is 13.2. The van der Waals surface area contributed by atoms with E-state index in [1.807, 2.05) is 18.2 Å². The topological polar surface area (TPSA) is 90.7 Å². The molecule has 0 saturated carbocycles. The number of amides is 1. The van der Waals surface area contributed by atoms with Crippen molar-refractivity contribution < 1.29 is 27.8 Å². The second-order valence-electron chi connectivity index (χ2n) is 10.2. The van der Waals surface area contributed by atoms with Crippen molar-refractivity contribution in [2.24, 2.45) is 5.92 Å². The van der Waals surface area contributed by atoms with Crippen molar-refractivity contribution in [2.45, 2.75) is 43.7 Å². The third-order valence-electron chi connectivity index (χ3n) is 7.98. The first kappa shape index (κ1) is 25.4. The summed E-state index contributed by atoms with van der Waals surface area (Å²) < 4.78 is 42.3. The van der Waals surface area contributed by atoms with E-state index in [-0.39, 0.29) is 17.0 Å². The van der Waals surface area contributed by atoms with E-state index < -0.39 is 52.9 Å². The van der Waals surface area contributed by atoms with Gasteiger partial charge in [-0.2, -0.15) is 5.10 Å². The minimum atomic E-state index is -0.985. The molecule has 2 saturated heterocycles. The zero-order valence-electron chi connectivity index (χ0n) is 21.1. The highest BCUT2D eigenvalue weighted by atomic mass is 19.2. The lowest BCUT2D eigenvalue weighted by atomic mass is 9.79. The molecule has 0 aliphatic carbocycles. The molecule has 0 N–H and O–H groups in total. The Balaban J connectivity index is 1.53. The van der Waals surface area contributed by atoms with E-state index in [0.717, 1.165) is 12.3 Å². The number of hydrogen-bond acceptors (Lipinski definition) is 6. The lowest BCUT2D eigenvalue weighted by Crippen LogP contribution is -2.51. The summed E-state index contributed by atoms with van der Waals surface area (Å²) in [4.78, 5) is 41.4. The molecule has 1 unspecified atom stereocenters. The summed E-state index contributed by atoms with van der Waals surface area (Å²) in [6.45, 7) is 1.23. The number of fused-ring (bicyclic) bond motifs is 2. The highest BCUT2D eigenvalue weighted by Gasteiger charge is 2.49. The maximum absolute atomic E-state index is 15.4.